The molecule has 0 heterocycles. The third-order valence-corrected chi connectivity index (χ3v) is 3.36. The summed E-state index contributed by atoms with van der Waals surface area (Å²) in [7, 11) is 2.80. The summed E-state index contributed by atoms with van der Waals surface area (Å²) < 4.78 is 9.86. The van der Waals surface area contributed by atoms with E-state index in [0.29, 0.717) is 28.0 Å². The third kappa shape index (κ3) is 3.74. The predicted octanol–water partition coefficient (Wildman–Crippen LogP) is 2.51. The summed E-state index contributed by atoms with van der Waals surface area (Å²) in [6.07, 6.45) is 0.0129. The average molecular weight is 309 g/mol. The van der Waals surface area contributed by atoms with Crippen LogP contribution in [-0.2, 0) is 16.0 Å². The molecule has 0 atom stereocenters. The third-order valence-electron chi connectivity index (χ3n) is 3.36. The molecule has 0 aliphatic heterocycles. The van der Waals surface area contributed by atoms with Crippen LogP contribution in [0.5, 0.6) is 5.75 Å². The highest BCUT2D eigenvalue weighted by Gasteiger charge is 2.15. The van der Waals surface area contributed by atoms with Crippen molar-refractivity contribution in [3.63, 3.8) is 0 Å². The Kier molecular flexibility index (Phi) is 5.11. The zero-order valence-corrected chi connectivity index (χ0v) is 12.8. The van der Waals surface area contributed by atoms with Crippen LogP contribution in [-0.4, -0.2) is 26.0 Å². The van der Waals surface area contributed by atoms with Gasteiger partial charge in [0.05, 0.1) is 32.3 Å². The zero-order valence-electron chi connectivity index (χ0n) is 12.8. The topological polar surface area (TPSA) is 76.4 Å². The molecule has 0 fully saturated rings. The van der Waals surface area contributed by atoms with E-state index in [1.54, 1.807) is 36.4 Å². The molecule has 0 N–H and O–H groups in total. The first kappa shape index (κ1) is 16.2. The van der Waals surface area contributed by atoms with Crippen LogP contribution in [0.4, 0.5) is 0 Å². The van der Waals surface area contributed by atoms with Gasteiger partial charge in [-0.05, 0) is 30.3 Å². The number of esters is 1. The van der Waals surface area contributed by atoms with Crippen molar-refractivity contribution in [2.24, 2.45) is 0 Å². The number of methoxy groups -OCH3 is 2. The maximum atomic E-state index is 12.6. The van der Waals surface area contributed by atoms with Gasteiger partial charge in [0.2, 0.25) is 0 Å². The van der Waals surface area contributed by atoms with Gasteiger partial charge in [0, 0.05) is 16.7 Å². The second-order valence-electron chi connectivity index (χ2n) is 4.80. The van der Waals surface area contributed by atoms with E-state index in [0.717, 1.165) is 0 Å². The van der Waals surface area contributed by atoms with Crippen LogP contribution >= 0.6 is 0 Å². The summed E-state index contributed by atoms with van der Waals surface area (Å²) in [4.78, 5) is 24.0. The number of ketones is 1. The Morgan fingerprint density at radius 3 is 2.48 bits per heavy atom. The Bertz CT molecular complexity index is 790. The van der Waals surface area contributed by atoms with E-state index in [-0.39, 0.29) is 12.2 Å². The Morgan fingerprint density at radius 1 is 1.09 bits per heavy atom. The average Bonchev–Trinajstić information content (AvgIpc) is 2.60. The van der Waals surface area contributed by atoms with Crippen molar-refractivity contribution < 1.29 is 19.1 Å². The minimum absolute atomic E-state index is 0.0129. The fraction of sp³-hybridized carbons (Fsp3) is 0.167. The van der Waals surface area contributed by atoms with Crippen molar-refractivity contribution in [2.45, 2.75) is 6.42 Å². The molecule has 116 valence electrons. The highest BCUT2D eigenvalue weighted by atomic mass is 16.5. The Balaban J connectivity index is 2.39. The molecule has 0 saturated heterocycles. The van der Waals surface area contributed by atoms with Crippen molar-refractivity contribution in [3.8, 4) is 11.8 Å². The molecule has 2 aromatic carbocycles. The molecule has 2 aromatic rings. The fourth-order valence-corrected chi connectivity index (χ4v) is 2.18. The summed E-state index contributed by atoms with van der Waals surface area (Å²) in [5.41, 5.74) is 1.82. The van der Waals surface area contributed by atoms with Gasteiger partial charge in [-0.25, -0.2) is 0 Å². The molecule has 0 unspecified atom stereocenters. The molecule has 0 aliphatic carbocycles. The normalized spacial score (nSPS) is 9.78. The van der Waals surface area contributed by atoms with Crippen molar-refractivity contribution >= 4 is 11.8 Å². The second-order valence-corrected chi connectivity index (χ2v) is 4.80. The quantitative estimate of drug-likeness (QED) is 0.626. The van der Waals surface area contributed by atoms with E-state index in [2.05, 4.69) is 4.74 Å². The molecule has 5 heteroatoms. The van der Waals surface area contributed by atoms with Gasteiger partial charge < -0.3 is 9.47 Å². The van der Waals surface area contributed by atoms with Crippen LogP contribution in [0.25, 0.3) is 0 Å². The van der Waals surface area contributed by atoms with Gasteiger partial charge >= 0.3 is 5.97 Å². The standard InChI is InChI=1S/C18H15NO4/c1-22-16-7-6-14(9-15(16)10-17(20)23-2)18(21)13-5-3-4-12(8-13)11-19/h3-9H,10H2,1-2H3. The summed E-state index contributed by atoms with van der Waals surface area (Å²) in [5, 5.41) is 8.92. The van der Waals surface area contributed by atoms with E-state index < -0.39 is 5.97 Å². The first-order chi connectivity index (χ1) is 11.1. The molecule has 0 saturated carbocycles. The van der Waals surface area contributed by atoms with Gasteiger partial charge in [-0.1, -0.05) is 12.1 Å². The van der Waals surface area contributed by atoms with Gasteiger partial charge in [-0.3, -0.25) is 9.59 Å². The lowest BCUT2D eigenvalue weighted by atomic mass is 9.98. The SMILES string of the molecule is COC(=O)Cc1cc(C(=O)c2cccc(C#N)c2)ccc1OC. The highest BCUT2D eigenvalue weighted by Crippen LogP contribution is 2.22. The van der Waals surface area contributed by atoms with Crippen LogP contribution in [0, 0.1) is 11.3 Å². The van der Waals surface area contributed by atoms with E-state index in [9.17, 15) is 9.59 Å². The molecule has 0 aromatic heterocycles. The Morgan fingerprint density at radius 2 is 1.83 bits per heavy atom. The minimum Gasteiger partial charge on any atom is -0.496 e. The van der Waals surface area contributed by atoms with Crippen LogP contribution in [0.2, 0.25) is 0 Å². The number of nitrogens with zero attached hydrogens (tertiary/aromatic N) is 1. The minimum atomic E-state index is -0.417. The Hall–Kier alpha value is -3.13. The van der Waals surface area contributed by atoms with Gasteiger partial charge in [0.15, 0.2) is 5.78 Å². The van der Waals surface area contributed by atoms with Crippen LogP contribution < -0.4 is 4.74 Å². The lowest BCUT2D eigenvalue weighted by Gasteiger charge is -2.10. The lowest BCUT2D eigenvalue weighted by molar-refractivity contribution is -0.139. The second kappa shape index (κ2) is 7.23. The van der Waals surface area contributed by atoms with Gasteiger partial charge in [0.25, 0.3) is 0 Å². The molecular formula is C18H15NO4. The molecular weight excluding hydrogens is 294 g/mol. The predicted molar refractivity (Wildman–Crippen MR) is 83.3 cm³/mol. The van der Waals surface area contributed by atoms with Crippen LogP contribution in [0.15, 0.2) is 42.5 Å². The number of nitriles is 1. The van der Waals surface area contributed by atoms with E-state index in [1.807, 2.05) is 6.07 Å². The number of benzene rings is 2. The molecule has 5 nitrogen and oxygen atoms in total. The molecule has 0 bridgehead atoms. The maximum absolute atomic E-state index is 12.6. The van der Waals surface area contributed by atoms with Crippen molar-refractivity contribution in [1.29, 1.82) is 5.26 Å². The van der Waals surface area contributed by atoms with Crippen molar-refractivity contribution in [1.82, 2.24) is 0 Å². The Labute approximate surface area is 134 Å². The molecule has 0 radical (unpaired) electrons. The van der Waals surface area contributed by atoms with Crippen LogP contribution in [0.1, 0.15) is 27.0 Å². The number of carbonyl (C=O) groups is 2. The monoisotopic (exact) mass is 309 g/mol. The van der Waals surface area contributed by atoms with Gasteiger partial charge in [-0.2, -0.15) is 5.26 Å². The molecule has 0 aliphatic rings. The molecule has 0 spiro atoms. The summed E-state index contributed by atoms with van der Waals surface area (Å²) in [6.45, 7) is 0. The van der Waals surface area contributed by atoms with E-state index in [4.69, 9.17) is 10.00 Å². The van der Waals surface area contributed by atoms with Crippen LogP contribution in [0.3, 0.4) is 0 Å². The lowest BCUT2D eigenvalue weighted by Crippen LogP contribution is -2.08. The number of hydrogen-bond donors (Lipinski definition) is 0. The number of carbonyl (C=O) groups excluding carboxylic acids is 2. The smallest absolute Gasteiger partial charge is 0.310 e. The molecule has 23 heavy (non-hydrogen) atoms. The number of rotatable bonds is 5. The van der Waals surface area contributed by atoms with Crippen molar-refractivity contribution in [2.75, 3.05) is 14.2 Å². The number of hydrogen-bond acceptors (Lipinski definition) is 5. The van der Waals surface area contributed by atoms with Gasteiger partial charge in [0.1, 0.15) is 5.75 Å². The summed E-state index contributed by atoms with van der Waals surface area (Å²) >= 11 is 0. The summed E-state index contributed by atoms with van der Waals surface area (Å²) in [6, 6.07) is 13.3. The first-order valence-electron chi connectivity index (χ1n) is 6.87. The van der Waals surface area contributed by atoms with Crippen molar-refractivity contribution in [3.05, 3.63) is 64.7 Å². The zero-order chi connectivity index (χ0) is 16.8. The highest BCUT2D eigenvalue weighted by molar-refractivity contribution is 6.09. The van der Waals surface area contributed by atoms with E-state index >= 15 is 0 Å². The maximum Gasteiger partial charge on any atom is 0.310 e. The molecule has 2 rings (SSSR count). The first-order valence-corrected chi connectivity index (χ1v) is 6.87. The summed E-state index contributed by atoms with van der Waals surface area (Å²) in [5.74, 6) is -0.132. The number of ether oxygens (including phenoxy) is 2. The van der Waals surface area contributed by atoms with E-state index in [1.165, 1.54) is 20.3 Å². The molecule has 0 amide bonds. The fourth-order valence-electron chi connectivity index (χ4n) is 2.18. The largest absolute Gasteiger partial charge is 0.496 e. The van der Waals surface area contributed by atoms with Gasteiger partial charge in [-0.15, -0.1) is 0 Å².